The van der Waals surface area contributed by atoms with Crippen LogP contribution in [0.2, 0.25) is 0 Å². The standard InChI is InChI=1S/C16H18BrN5S/c1-12-4-2-3-5-14(12)20-16(23)22-8-6-21(7-9-22)15-18-10-13(17)11-19-15/h2-5,10-11H,6-9H2,1H3,(H,20,23). The van der Waals surface area contributed by atoms with Crippen LogP contribution in [0.25, 0.3) is 0 Å². The predicted molar refractivity (Wildman–Crippen MR) is 101 cm³/mol. The summed E-state index contributed by atoms with van der Waals surface area (Å²) >= 11 is 8.91. The molecule has 5 nitrogen and oxygen atoms in total. The van der Waals surface area contributed by atoms with Gasteiger partial charge < -0.3 is 15.1 Å². The molecule has 1 fully saturated rings. The first-order valence-electron chi connectivity index (χ1n) is 7.47. The highest BCUT2D eigenvalue weighted by molar-refractivity contribution is 9.10. The zero-order valence-corrected chi connectivity index (χ0v) is 15.3. The first-order chi connectivity index (χ1) is 11.1. The number of thiocarbonyl (C=S) groups is 1. The van der Waals surface area contributed by atoms with Crippen molar-refractivity contribution in [2.75, 3.05) is 36.4 Å². The fraction of sp³-hybridized carbons (Fsp3) is 0.312. The van der Waals surface area contributed by atoms with E-state index >= 15 is 0 Å². The number of halogens is 1. The maximum atomic E-state index is 5.55. The van der Waals surface area contributed by atoms with Crippen LogP contribution in [-0.4, -0.2) is 46.2 Å². The summed E-state index contributed by atoms with van der Waals surface area (Å²) < 4.78 is 0.892. The maximum Gasteiger partial charge on any atom is 0.225 e. The van der Waals surface area contributed by atoms with Crippen LogP contribution in [0.3, 0.4) is 0 Å². The van der Waals surface area contributed by atoms with Gasteiger partial charge in [0.05, 0.1) is 4.47 Å². The molecule has 7 heteroatoms. The van der Waals surface area contributed by atoms with Crippen LogP contribution in [0.1, 0.15) is 5.56 Å². The topological polar surface area (TPSA) is 44.3 Å². The molecule has 2 heterocycles. The van der Waals surface area contributed by atoms with Crippen molar-refractivity contribution < 1.29 is 0 Å². The quantitative estimate of drug-likeness (QED) is 0.793. The maximum absolute atomic E-state index is 5.55. The zero-order valence-electron chi connectivity index (χ0n) is 12.9. The Morgan fingerprint density at radius 3 is 2.43 bits per heavy atom. The lowest BCUT2D eigenvalue weighted by Crippen LogP contribution is -2.50. The van der Waals surface area contributed by atoms with Crippen molar-refractivity contribution in [2.24, 2.45) is 0 Å². The summed E-state index contributed by atoms with van der Waals surface area (Å²) in [6.07, 6.45) is 3.55. The molecule has 0 radical (unpaired) electrons. The Morgan fingerprint density at radius 1 is 1.13 bits per heavy atom. The predicted octanol–water partition coefficient (Wildman–Crippen LogP) is 3.07. The summed E-state index contributed by atoms with van der Waals surface area (Å²) in [7, 11) is 0. The molecule has 0 amide bonds. The molecule has 0 atom stereocenters. The van der Waals surface area contributed by atoms with Crippen molar-refractivity contribution in [3.63, 3.8) is 0 Å². The lowest BCUT2D eigenvalue weighted by atomic mass is 10.2. The van der Waals surface area contributed by atoms with Gasteiger partial charge >= 0.3 is 0 Å². The van der Waals surface area contributed by atoms with Crippen LogP contribution < -0.4 is 10.2 Å². The number of piperazine rings is 1. The SMILES string of the molecule is Cc1ccccc1NC(=S)N1CCN(c2ncc(Br)cn2)CC1. The average molecular weight is 392 g/mol. The Morgan fingerprint density at radius 2 is 1.78 bits per heavy atom. The van der Waals surface area contributed by atoms with Gasteiger partial charge in [-0.25, -0.2) is 9.97 Å². The van der Waals surface area contributed by atoms with E-state index in [0.29, 0.717) is 0 Å². The van der Waals surface area contributed by atoms with E-state index in [4.69, 9.17) is 12.2 Å². The molecule has 1 aromatic carbocycles. The molecule has 120 valence electrons. The molecule has 1 aliphatic heterocycles. The number of para-hydroxylation sites is 1. The number of nitrogens with one attached hydrogen (secondary N) is 1. The van der Waals surface area contributed by atoms with E-state index in [0.717, 1.165) is 47.4 Å². The highest BCUT2D eigenvalue weighted by atomic mass is 79.9. The first-order valence-corrected chi connectivity index (χ1v) is 8.67. The lowest BCUT2D eigenvalue weighted by Gasteiger charge is -2.36. The number of benzene rings is 1. The van der Waals surface area contributed by atoms with E-state index in [1.807, 2.05) is 18.2 Å². The van der Waals surface area contributed by atoms with E-state index in [-0.39, 0.29) is 0 Å². The number of aryl methyl sites for hydroxylation is 1. The third-order valence-corrected chi connectivity index (χ3v) is 4.61. The molecule has 2 aromatic rings. The number of hydrogen-bond donors (Lipinski definition) is 1. The van der Waals surface area contributed by atoms with Gasteiger partial charge in [0.15, 0.2) is 5.11 Å². The molecule has 23 heavy (non-hydrogen) atoms. The number of rotatable bonds is 2. The molecule has 1 aliphatic rings. The third kappa shape index (κ3) is 3.97. The summed E-state index contributed by atoms with van der Waals surface area (Å²) in [6, 6.07) is 8.17. The molecule has 0 spiro atoms. The fourth-order valence-electron chi connectivity index (χ4n) is 2.49. The molecule has 0 bridgehead atoms. The molecule has 0 unspecified atom stereocenters. The second-order valence-corrected chi connectivity index (χ2v) is 6.72. The fourth-order valence-corrected chi connectivity index (χ4v) is 2.98. The largest absolute Gasteiger partial charge is 0.345 e. The average Bonchev–Trinajstić information content (AvgIpc) is 2.58. The highest BCUT2D eigenvalue weighted by Crippen LogP contribution is 2.16. The van der Waals surface area contributed by atoms with E-state index in [2.05, 4.69) is 54.0 Å². The lowest BCUT2D eigenvalue weighted by molar-refractivity contribution is 0.388. The van der Waals surface area contributed by atoms with Gasteiger partial charge in [0.2, 0.25) is 5.95 Å². The van der Waals surface area contributed by atoms with Crippen LogP contribution in [0.4, 0.5) is 11.6 Å². The Labute approximate surface area is 149 Å². The smallest absolute Gasteiger partial charge is 0.225 e. The van der Waals surface area contributed by atoms with Crippen molar-refractivity contribution >= 4 is 44.9 Å². The van der Waals surface area contributed by atoms with Gasteiger partial charge in [-0.1, -0.05) is 18.2 Å². The monoisotopic (exact) mass is 391 g/mol. The Balaban J connectivity index is 1.57. The van der Waals surface area contributed by atoms with Gasteiger partial charge in [-0.15, -0.1) is 0 Å². The van der Waals surface area contributed by atoms with Crippen molar-refractivity contribution in [1.29, 1.82) is 0 Å². The van der Waals surface area contributed by atoms with Gasteiger partial charge in [0, 0.05) is 44.3 Å². The molecule has 0 aliphatic carbocycles. The second kappa shape index (κ2) is 7.23. The Hall–Kier alpha value is -1.73. The summed E-state index contributed by atoms with van der Waals surface area (Å²) in [5.74, 6) is 0.769. The highest BCUT2D eigenvalue weighted by Gasteiger charge is 2.20. The summed E-state index contributed by atoms with van der Waals surface area (Å²) in [4.78, 5) is 13.1. The van der Waals surface area contributed by atoms with Crippen molar-refractivity contribution in [3.8, 4) is 0 Å². The van der Waals surface area contributed by atoms with E-state index in [1.165, 1.54) is 5.56 Å². The second-order valence-electron chi connectivity index (χ2n) is 5.42. The minimum atomic E-state index is 0.769. The Kier molecular flexibility index (Phi) is 5.07. The minimum absolute atomic E-state index is 0.769. The van der Waals surface area contributed by atoms with Crippen molar-refractivity contribution in [2.45, 2.75) is 6.92 Å². The zero-order chi connectivity index (χ0) is 16.2. The number of nitrogens with zero attached hydrogens (tertiary/aromatic N) is 4. The van der Waals surface area contributed by atoms with Crippen LogP contribution in [0, 0.1) is 6.92 Å². The first kappa shape index (κ1) is 16.1. The van der Waals surface area contributed by atoms with Gasteiger partial charge in [-0.2, -0.15) is 0 Å². The van der Waals surface area contributed by atoms with E-state index < -0.39 is 0 Å². The van der Waals surface area contributed by atoms with Gasteiger partial charge in [-0.05, 0) is 46.7 Å². The van der Waals surface area contributed by atoms with Crippen LogP contribution >= 0.6 is 28.1 Å². The van der Waals surface area contributed by atoms with Gasteiger partial charge in [0.1, 0.15) is 0 Å². The molecule has 3 rings (SSSR count). The van der Waals surface area contributed by atoms with Crippen molar-refractivity contribution in [3.05, 3.63) is 46.7 Å². The number of anilines is 2. The molecular formula is C16H18BrN5S. The van der Waals surface area contributed by atoms with Crippen LogP contribution in [0.5, 0.6) is 0 Å². The molecular weight excluding hydrogens is 374 g/mol. The van der Waals surface area contributed by atoms with Gasteiger partial charge in [0.25, 0.3) is 0 Å². The minimum Gasteiger partial charge on any atom is -0.345 e. The summed E-state index contributed by atoms with van der Waals surface area (Å²) in [5, 5.41) is 4.12. The molecule has 1 saturated heterocycles. The third-order valence-electron chi connectivity index (χ3n) is 3.84. The van der Waals surface area contributed by atoms with E-state index in [1.54, 1.807) is 12.4 Å². The normalized spacial score (nSPS) is 14.7. The van der Waals surface area contributed by atoms with E-state index in [9.17, 15) is 0 Å². The molecule has 1 N–H and O–H groups in total. The molecule has 0 saturated carbocycles. The van der Waals surface area contributed by atoms with Crippen molar-refractivity contribution in [1.82, 2.24) is 14.9 Å². The molecule has 1 aromatic heterocycles. The number of hydrogen-bond acceptors (Lipinski definition) is 4. The Bertz CT molecular complexity index is 683. The summed E-state index contributed by atoms with van der Waals surface area (Å²) in [6.45, 7) is 5.51. The van der Waals surface area contributed by atoms with Crippen LogP contribution in [-0.2, 0) is 0 Å². The summed E-state index contributed by atoms with van der Waals surface area (Å²) in [5.41, 5.74) is 2.26. The van der Waals surface area contributed by atoms with Gasteiger partial charge in [-0.3, -0.25) is 0 Å². The number of aromatic nitrogens is 2. The van der Waals surface area contributed by atoms with Crippen LogP contribution in [0.15, 0.2) is 41.1 Å².